The number of hydrogen-bond acceptors (Lipinski definition) is 4. The van der Waals surface area contributed by atoms with Crippen LogP contribution >= 0.6 is 11.6 Å². The van der Waals surface area contributed by atoms with Crippen molar-refractivity contribution in [3.63, 3.8) is 0 Å². The highest BCUT2D eigenvalue weighted by atomic mass is 35.5. The van der Waals surface area contributed by atoms with Crippen LogP contribution in [0.3, 0.4) is 0 Å². The summed E-state index contributed by atoms with van der Waals surface area (Å²) in [7, 11) is 0. The maximum Gasteiger partial charge on any atom is 0.339 e. The molecule has 0 aliphatic carbocycles. The molecule has 0 radical (unpaired) electrons. The fourth-order valence-corrected chi connectivity index (χ4v) is 4.32. The summed E-state index contributed by atoms with van der Waals surface area (Å²) in [5.74, 6) is 0.665. The Hall–Kier alpha value is -1.60. The lowest BCUT2D eigenvalue weighted by Crippen LogP contribution is -3.16. The highest BCUT2D eigenvalue weighted by Crippen LogP contribution is 2.37. The van der Waals surface area contributed by atoms with Gasteiger partial charge in [-0.25, -0.2) is 4.79 Å². The maximum absolute atomic E-state index is 12.2. The summed E-state index contributed by atoms with van der Waals surface area (Å²) in [6, 6.07) is 1.85. The van der Waals surface area contributed by atoms with E-state index in [0.29, 0.717) is 28.6 Å². The van der Waals surface area contributed by atoms with Crippen molar-refractivity contribution >= 4 is 22.6 Å². The summed E-state index contributed by atoms with van der Waals surface area (Å²) in [5, 5.41) is 1.49. The van der Waals surface area contributed by atoms with Crippen molar-refractivity contribution in [1.29, 1.82) is 0 Å². The Morgan fingerprint density at radius 1 is 1.11 bits per heavy atom. The number of rotatable bonds is 4. The molecule has 1 aromatic carbocycles. The van der Waals surface area contributed by atoms with Crippen LogP contribution in [-0.2, 0) is 11.3 Å². The van der Waals surface area contributed by atoms with Gasteiger partial charge in [0.25, 0.3) is 0 Å². The van der Waals surface area contributed by atoms with Crippen LogP contribution in [-0.4, -0.2) is 46.1 Å². The molecule has 7 heteroatoms. The average molecular weight is 395 g/mol. The van der Waals surface area contributed by atoms with Gasteiger partial charge in [0.1, 0.15) is 19.6 Å². The molecule has 1 atom stereocenters. The molecule has 27 heavy (non-hydrogen) atoms. The lowest BCUT2D eigenvalue weighted by Gasteiger charge is -2.28. The number of benzene rings is 1. The Morgan fingerprint density at radius 3 is 2.63 bits per heavy atom. The molecule has 0 spiro atoms. The van der Waals surface area contributed by atoms with Crippen LogP contribution in [0, 0.1) is 13.8 Å². The predicted octanol–water partition coefficient (Wildman–Crippen LogP) is 0.103. The molecule has 3 heterocycles. The molecule has 146 valence electrons. The molecule has 0 bridgehead atoms. The second kappa shape index (κ2) is 7.80. The first-order valence-electron chi connectivity index (χ1n) is 9.67. The van der Waals surface area contributed by atoms with Gasteiger partial charge in [0.15, 0.2) is 11.3 Å². The summed E-state index contributed by atoms with van der Waals surface area (Å²) < 4.78 is 17.0. The third-order valence-electron chi connectivity index (χ3n) is 5.86. The van der Waals surface area contributed by atoms with Crippen LogP contribution in [0.1, 0.15) is 23.1 Å². The Kier molecular flexibility index (Phi) is 5.41. The number of aryl methyl sites for hydroxylation is 1. The number of quaternary nitrogens is 2. The molecule has 0 amide bonds. The summed E-state index contributed by atoms with van der Waals surface area (Å²) >= 11 is 6.47. The van der Waals surface area contributed by atoms with Crippen LogP contribution in [0.25, 0.3) is 11.0 Å². The highest BCUT2D eigenvalue weighted by molar-refractivity contribution is 6.33. The van der Waals surface area contributed by atoms with E-state index in [9.17, 15) is 4.79 Å². The average Bonchev–Trinajstić information content (AvgIpc) is 2.68. The number of hydrogen-bond donors (Lipinski definition) is 2. The Morgan fingerprint density at radius 2 is 1.85 bits per heavy atom. The van der Waals surface area contributed by atoms with E-state index in [1.54, 1.807) is 11.8 Å². The molecule has 0 saturated carbocycles. The predicted molar refractivity (Wildman–Crippen MR) is 103 cm³/mol. The van der Waals surface area contributed by atoms with Gasteiger partial charge in [0.2, 0.25) is 6.73 Å². The molecule has 2 aliphatic rings. The van der Waals surface area contributed by atoms with Crippen molar-refractivity contribution in [2.24, 2.45) is 0 Å². The molecule has 4 rings (SSSR count). The number of ether oxygens (including phenoxy) is 2. The van der Waals surface area contributed by atoms with Crippen molar-refractivity contribution in [2.75, 3.05) is 46.1 Å². The van der Waals surface area contributed by atoms with Gasteiger partial charge in [0, 0.05) is 17.4 Å². The van der Waals surface area contributed by atoms with Gasteiger partial charge in [-0.1, -0.05) is 11.6 Å². The Bertz CT molecular complexity index is 905. The van der Waals surface area contributed by atoms with Gasteiger partial charge in [-0.05, 0) is 25.5 Å². The minimum absolute atomic E-state index is 0.285. The van der Waals surface area contributed by atoms with Crippen LogP contribution < -0.4 is 20.2 Å². The van der Waals surface area contributed by atoms with Crippen LogP contribution in [0.15, 0.2) is 15.3 Å². The van der Waals surface area contributed by atoms with E-state index in [-0.39, 0.29) is 5.63 Å². The van der Waals surface area contributed by atoms with E-state index >= 15 is 0 Å². The first-order valence-corrected chi connectivity index (χ1v) is 10.1. The van der Waals surface area contributed by atoms with Gasteiger partial charge in [-0.2, -0.15) is 0 Å². The van der Waals surface area contributed by atoms with Crippen molar-refractivity contribution in [1.82, 2.24) is 0 Å². The first-order chi connectivity index (χ1) is 13.0. The normalized spacial score (nSPS) is 20.5. The van der Waals surface area contributed by atoms with Crippen molar-refractivity contribution in [3.05, 3.63) is 38.2 Å². The zero-order valence-electron chi connectivity index (χ0n) is 16.0. The van der Waals surface area contributed by atoms with E-state index < -0.39 is 0 Å². The Balaban J connectivity index is 1.54. The van der Waals surface area contributed by atoms with E-state index in [2.05, 4.69) is 0 Å². The van der Waals surface area contributed by atoms with Gasteiger partial charge < -0.3 is 18.8 Å². The van der Waals surface area contributed by atoms with Gasteiger partial charge in [-0.15, -0.1) is 0 Å². The molecule has 1 aromatic heterocycles. The number of morpholine rings is 1. The highest BCUT2D eigenvalue weighted by Gasteiger charge is 2.28. The minimum Gasteiger partial charge on any atom is -0.443 e. The van der Waals surface area contributed by atoms with Gasteiger partial charge >= 0.3 is 5.63 Å². The second-order valence-corrected chi connectivity index (χ2v) is 8.02. The third-order valence-corrected chi connectivity index (χ3v) is 6.14. The monoisotopic (exact) mass is 394 g/mol. The molecule has 2 N–H and O–H groups in total. The van der Waals surface area contributed by atoms with E-state index in [1.165, 1.54) is 4.90 Å². The number of nitrogens with one attached hydrogen (secondary N) is 2. The van der Waals surface area contributed by atoms with Gasteiger partial charge in [0.05, 0.1) is 36.9 Å². The summed E-state index contributed by atoms with van der Waals surface area (Å²) in [6.45, 7) is 11.2. The molecule has 1 unspecified atom stereocenters. The maximum atomic E-state index is 12.2. The van der Waals surface area contributed by atoms with E-state index in [0.717, 1.165) is 68.9 Å². The molecule has 2 aliphatic heterocycles. The summed E-state index contributed by atoms with van der Waals surface area (Å²) in [6.07, 6.45) is 1.13. The first kappa shape index (κ1) is 18.7. The quantitative estimate of drug-likeness (QED) is 0.722. The number of halogens is 1. The molecular weight excluding hydrogens is 368 g/mol. The molecule has 6 nitrogen and oxygen atoms in total. The third kappa shape index (κ3) is 3.72. The zero-order valence-corrected chi connectivity index (χ0v) is 16.7. The van der Waals surface area contributed by atoms with Crippen LogP contribution in [0.4, 0.5) is 0 Å². The zero-order chi connectivity index (χ0) is 19.0. The van der Waals surface area contributed by atoms with E-state index in [1.807, 2.05) is 13.0 Å². The lowest BCUT2D eigenvalue weighted by molar-refractivity contribution is -0.942. The molecule has 1 fully saturated rings. The summed E-state index contributed by atoms with van der Waals surface area (Å²) in [5.41, 5.74) is 2.81. The van der Waals surface area contributed by atoms with Crippen LogP contribution in [0.2, 0.25) is 5.02 Å². The fourth-order valence-electron chi connectivity index (χ4n) is 4.04. The van der Waals surface area contributed by atoms with E-state index in [4.69, 9.17) is 25.5 Å². The van der Waals surface area contributed by atoms with Crippen LogP contribution in [0.5, 0.6) is 5.75 Å². The van der Waals surface area contributed by atoms with Crippen molar-refractivity contribution in [2.45, 2.75) is 26.8 Å². The summed E-state index contributed by atoms with van der Waals surface area (Å²) in [4.78, 5) is 15.1. The number of fused-ring (bicyclic) bond motifs is 3. The second-order valence-electron chi connectivity index (χ2n) is 7.61. The standard InChI is InChI=1S/C20H25ClN2O4/c1-13-14(2)20(24)27-18-15(13)10-17(21)19-16(18)11-23(12-26-19)5-3-4-22-6-8-25-9-7-22/h10H,3-9,11-12H2,1-2H3/p+2. The Labute approximate surface area is 163 Å². The molecular formula is C20H27ClN2O4+2. The van der Waals surface area contributed by atoms with Crippen molar-refractivity contribution < 1.29 is 23.7 Å². The molecule has 1 saturated heterocycles. The molecule has 2 aromatic rings. The lowest BCUT2D eigenvalue weighted by atomic mass is 10.0. The smallest absolute Gasteiger partial charge is 0.339 e. The largest absolute Gasteiger partial charge is 0.443 e. The fraction of sp³-hybridized carbons (Fsp3) is 0.550. The topological polar surface area (TPSA) is 57.5 Å². The van der Waals surface area contributed by atoms with Crippen molar-refractivity contribution in [3.8, 4) is 5.75 Å². The van der Waals surface area contributed by atoms with Gasteiger partial charge in [-0.3, -0.25) is 4.90 Å². The minimum atomic E-state index is -0.285. The SMILES string of the molecule is Cc1c(C)c2cc(Cl)c3c(c2oc1=O)C[NH+](CCC[NH+]1CCOCC1)CO3.